The summed E-state index contributed by atoms with van der Waals surface area (Å²) in [5.41, 5.74) is 1.04. The number of amides is 1. The Labute approximate surface area is 173 Å². The van der Waals surface area contributed by atoms with Crippen LogP contribution in [0.5, 0.6) is 0 Å². The molecule has 1 aliphatic rings. The van der Waals surface area contributed by atoms with Gasteiger partial charge in [0, 0.05) is 6.07 Å². The van der Waals surface area contributed by atoms with Crippen LogP contribution in [0, 0.1) is 6.92 Å². The topological polar surface area (TPSA) is 107 Å². The van der Waals surface area contributed by atoms with Gasteiger partial charge in [-0.1, -0.05) is 36.4 Å². The van der Waals surface area contributed by atoms with Crippen LogP contribution in [0.3, 0.4) is 0 Å². The second-order valence-electron chi connectivity index (χ2n) is 7.32. The van der Waals surface area contributed by atoms with Crippen molar-refractivity contribution in [3.05, 3.63) is 59.8 Å². The summed E-state index contributed by atoms with van der Waals surface area (Å²) in [6.45, 7) is 1.30. The number of carbonyl (C=O) groups excluding carboxylic acids is 2. The fourth-order valence-electron chi connectivity index (χ4n) is 3.65. The molecule has 1 aromatic heterocycles. The van der Waals surface area contributed by atoms with E-state index in [1.807, 2.05) is 30.3 Å². The highest BCUT2D eigenvalue weighted by atomic mass is 32.2. The molecule has 2 aromatic carbocycles. The van der Waals surface area contributed by atoms with Gasteiger partial charge < -0.3 is 10.1 Å². The molecule has 0 saturated carbocycles. The number of anilines is 1. The first kappa shape index (κ1) is 20.1. The van der Waals surface area contributed by atoms with Crippen molar-refractivity contribution < 1.29 is 22.7 Å². The second-order valence-corrected chi connectivity index (χ2v) is 9.55. The molecule has 30 heavy (non-hydrogen) atoms. The number of hydrogen-bond acceptors (Lipinski definition) is 6. The number of hydrogen-bond donors (Lipinski definition) is 1. The van der Waals surface area contributed by atoms with E-state index in [-0.39, 0.29) is 17.5 Å². The Bertz CT molecular complexity index is 1230. The van der Waals surface area contributed by atoms with Crippen LogP contribution in [-0.2, 0) is 19.4 Å². The summed E-state index contributed by atoms with van der Waals surface area (Å²) in [5.74, 6) is -0.625. The molecule has 0 radical (unpaired) electrons. The number of aromatic nitrogens is 2. The Morgan fingerprint density at radius 2 is 1.97 bits per heavy atom. The SMILES string of the molecule is Cc1cc(NC(=O)COC(=O)c2cccc3ccccc23)n(C2CCS(=O)(=O)C2)n1. The fraction of sp³-hybridized carbons (Fsp3) is 0.286. The maximum absolute atomic E-state index is 12.5. The number of rotatable bonds is 5. The van der Waals surface area contributed by atoms with Crippen molar-refractivity contribution in [3.8, 4) is 0 Å². The highest BCUT2D eigenvalue weighted by Crippen LogP contribution is 2.27. The van der Waals surface area contributed by atoms with Crippen molar-refractivity contribution in [1.82, 2.24) is 9.78 Å². The summed E-state index contributed by atoms with van der Waals surface area (Å²) in [6.07, 6.45) is 0.447. The van der Waals surface area contributed by atoms with Crippen molar-refractivity contribution in [2.75, 3.05) is 23.4 Å². The van der Waals surface area contributed by atoms with E-state index in [2.05, 4.69) is 10.4 Å². The predicted octanol–water partition coefficient (Wildman–Crippen LogP) is 2.50. The molecule has 1 N–H and O–H groups in total. The predicted molar refractivity (Wildman–Crippen MR) is 112 cm³/mol. The van der Waals surface area contributed by atoms with E-state index in [0.29, 0.717) is 23.5 Å². The molecule has 1 fully saturated rings. The molecule has 0 aliphatic carbocycles. The molecule has 1 saturated heterocycles. The maximum Gasteiger partial charge on any atom is 0.339 e. The molecule has 1 unspecified atom stereocenters. The lowest BCUT2D eigenvalue weighted by Gasteiger charge is -2.14. The van der Waals surface area contributed by atoms with Crippen molar-refractivity contribution in [1.29, 1.82) is 0 Å². The second kappa shape index (κ2) is 7.91. The van der Waals surface area contributed by atoms with E-state index in [9.17, 15) is 18.0 Å². The largest absolute Gasteiger partial charge is 0.452 e. The van der Waals surface area contributed by atoms with E-state index in [1.165, 1.54) is 4.68 Å². The van der Waals surface area contributed by atoms with Crippen molar-refractivity contribution in [3.63, 3.8) is 0 Å². The molecule has 2 heterocycles. The van der Waals surface area contributed by atoms with E-state index in [4.69, 9.17) is 4.74 Å². The number of ether oxygens (including phenoxy) is 1. The molecular formula is C21H21N3O5S. The van der Waals surface area contributed by atoms with Gasteiger partial charge in [-0.05, 0) is 30.2 Å². The van der Waals surface area contributed by atoms with Crippen LogP contribution in [0.4, 0.5) is 5.82 Å². The first-order chi connectivity index (χ1) is 14.3. The van der Waals surface area contributed by atoms with Crippen molar-refractivity contribution in [2.24, 2.45) is 0 Å². The van der Waals surface area contributed by atoms with Gasteiger partial charge >= 0.3 is 5.97 Å². The van der Waals surface area contributed by atoms with Crippen LogP contribution in [0.2, 0.25) is 0 Å². The van der Waals surface area contributed by atoms with Gasteiger partial charge in [0.1, 0.15) is 5.82 Å². The van der Waals surface area contributed by atoms with E-state index in [1.54, 1.807) is 25.1 Å². The fourth-order valence-corrected chi connectivity index (χ4v) is 5.34. The average molecular weight is 427 g/mol. The molecule has 3 aromatic rings. The number of benzene rings is 2. The van der Waals surface area contributed by atoms with Gasteiger partial charge in [0.15, 0.2) is 16.4 Å². The molecular weight excluding hydrogens is 406 g/mol. The summed E-state index contributed by atoms with van der Waals surface area (Å²) < 4.78 is 30.3. The molecule has 8 nitrogen and oxygen atoms in total. The zero-order valence-electron chi connectivity index (χ0n) is 16.4. The first-order valence-electron chi connectivity index (χ1n) is 9.54. The standard InChI is InChI=1S/C21H21N3O5S/c1-14-11-19(24(23-14)16-9-10-30(27,28)13-16)22-20(25)12-29-21(26)18-8-4-6-15-5-2-3-7-17(15)18/h2-8,11,16H,9-10,12-13H2,1H3,(H,22,25). The summed E-state index contributed by atoms with van der Waals surface area (Å²) in [4.78, 5) is 24.8. The Morgan fingerprint density at radius 1 is 1.20 bits per heavy atom. The summed E-state index contributed by atoms with van der Waals surface area (Å²) in [7, 11) is -3.09. The van der Waals surface area contributed by atoms with Crippen LogP contribution in [0.1, 0.15) is 28.5 Å². The Hall–Kier alpha value is -3.20. The van der Waals surface area contributed by atoms with Crippen LogP contribution < -0.4 is 5.32 Å². The van der Waals surface area contributed by atoms with Gasteiger partial charge in [-0.3, -0.25) is 4.79 Å². The summed E-state index contributed by atoms with van der Waals surface area (Å²) >= 11 is 0. The number of nitrogens with one attached hydrogen (secondary N) is 1. The van der Waals surface area contributed by atoms with Crippen LogP contribution >= 0.6 is 0 Å². The number of nitrogens with zero attached hydrogens (tertiary/aromatic N) is 2. The lowest BCUT2D eigenvalue weighted by Crippen LogP contribution is -2.24. The first-order valence-corrected chi connectivity index (χ1v) is 11.4. The molecule has 0 bridgehead atoms. The smallest absolute Gasteiger partial charge is 0.339 e. The Balaban J connectivity index is 1.43. The van der Waals surface area contributed by atoms with Crippen molar-refractivity contribution in [2.45, 2.75) is 19.4 Å². The molecule has 1 atom stereocenters. The third-order valence-electron chi connectivity index (χ3n) is 5.02. The number of sulfone groups is 1. The maximum atomic E-state index is 12.5. The third kappa shape index (κ3) is 4.20. The van der Waals surface area contributed by atoms with Crippen LogP contribution in [-0.4, -0.2) is 48.2 Å². The number of carbonyl (C=O) groups is 2. The minimum absolute atomic E-state index is 0.00689. The quantitative estimate of drug-likeness (QED) is 0.627. The van der Waals surface area contributed by atoms with Gasteiger partial charge in [0.2, 0.25) is 0 Å². The van der Waals surface area contributed by atoms with Crippen molar-refractivity contribution >= 4 is 38.3 Å². The van der Waals surface area contributed by atoms with E-state index >= 15 is 0 Å². The minimum atomic E-state index is -3.09. The number of esters is 1. The lowest BCUT2D eigenvalue weighted by atomic mass is 10.1. The summed E-state index contributed by atoms with van der Waals surface area (Å²) in [5, 5.41) is 8.64. The van der Waals surface area contributed by atoms with E-state index < -0.39 is 28.3 Å². The van der Waals surface area contributed by atoms with Crippen LogP contribution in [0.15, 0.2) is 48.5 Å². The molecule has 4 rings (SSSR count). The van der Waals surface area contributed by atoms with E-state index in [0.717, 1.165) is 10.8 Å². The molecule has 0 spiro atoms. The van der Waals surface area contributed by atoms with Crippen LogP contribution in [0.25, 0.3) is 10.8 Å². The molecule has 156 valence electrons. The highest BCUT2D eigenvalue weighted by molar-refractivity contribution is 7.91. The van der Waals surface area contributed by atoms with Gasteiger partial charge in [0.05, 0.1) is 28.8 Å². The summed E-state index contributed by atoms with van der Waals surface area (Å²) in [6, 6.07) is 14.1. The zero-order valence-corrected chi connectivity index (χ0v) is 17.2. The Kier molecular flexibility index (Phi) is 5.29. The Morgan fingerprint density at radius 3 is 2.73 bits per heavy atom. The lowest BCUT2D eigenvalue weighted by molar-refractivity contribution is -0.119. The minimum Gasteiger partial charge on any atom is -0.452 e. The molecule has 9 heteroatoms. The third-order valence-corrected chi connectivity index (χ3v) is 6.77. The van der Waals surface area contributed by atoms with Gasteiger partial charge in [-0.2, -0.15) is 5.10 Å². The zero-order chi connectivity index (χ0) is 21.3. The van der Waals surface area contributed by atoms with Gasteiger partial charge in [0.25, 0.3) is 5.91 Å². The van der Waals surface area contributed by atoms with Gasteiger partial charge in [-0.25, -0.2) is 17.9 Å². The highest BCUT2D eigenvalue weighted by Gasteiger charge is 2.31. The normalized spacial score (nSPS) is 17.7. The number of aryl methyl sites for hydroxylation is 1. The average Bonchev–Trinajstić information content (AvgIpc) is 3.26. The number of fused-ring (bicyclic) bond motifs is 1. The monoisotopic (exact) mass is 427 g/mol. The van der Waals surface area contributed by atoms with Gasteiger partial charge in [-0.15, -0.1) is 0 Å². The molecule has 1 aliphatic heterocycles. The molecule has 1 amide bonds.